The lowest BCUT2D eigenvalue weighted by molar-refractivity contribution is 0.158. The molecule has 0 spiro atoms. The van der Waals surface area contributed by atoms with Crippen LogP contribution in [0.1, 0.15) is 6.42 Å². The summed E-state index contributed by atoms with van der Waals surface area (Å²) in [5.41, 5.74) is 6.09. The lowest BCUT2D eigenvalue weighted by Crippen LogP contribution is -2.35. The third kappa shape index (κ3) is 7.54. The molecule has 1 aromatic rings. The number of benzene rings is 1. The maximum Gasteiger partial charge on any atom is 0.0558 e. The summed E-state index contributed by atoms with van der Waals surface area (Å²) in [5, 5.41) is 17.8. The zero-order chi connectivity index (χ0) is 13.9. The highest BCUT2D eigenvalue weighted by molar-refractivity contribution is 7.99. The minimum Gasteiger partial charge on any atom is -0.395 e. The van der Waals surface area contributed by atoms with Crippen LogP contribution < -0.4 is 5.73 Å². The Morgan fingerprint density at radius 2 is 1.68 bits per heavy atom. The molecule has 0 fully saturated rings. The summed E-state index contributed by atoms with van der Waals surface area (Å²) in [6.45, 7) is 2.25. The van der Waals surface area contributed by atoms with E-state index in [1.165, 1.54) is 4.90 Å². The van der Waals surface area contributed by atoms with Crippen LogP contribution in [0.4, 0.5) is 0 Å². The monoisotopic (exact) mass is 284 g/mol. The van der Waals surface area contributed by atoms with E-state index in [9.17, 15) is 0 Å². The average Bonchev–Trinajstić information content (AvgIpc) is 2.44. The zero-order valence-corrected chi connectivity index (χ0v) is 12.1. The normalized spacial score (nSPS) is 12.8. The lowest BCUT2D eigenvalue weighted by atomic mass is 10.2. The highest BCUT2D eigenvalue weighted by atomic mass is 32.2. The van der Waals surface area contributed by atoms with Crippen LogP contribution in [-0.4, -0.2) is 59.8 Å². The molecule has 0 aliphatic carbocycles. The molecular formula is C14H24N2O2S. The Kier molecular flexibility index (Phi) is 8.86. The average molecular weight is 284 g/mol. The van der Waals surface area contributed by atoms with Crippen LogP contribution in [0.5, 0.6) is 0 Å². The van der Waals surface area contributed by atoms with Gasteiger partial charge >= 0.3 is 0 Å². The molecule has 0 bridgehead atoms. The Morgan fingerprint density at radius 3 is 2.26 bits per heavy atom. The summed E-state index contributed by atoms with van der Waals surface area (Å²) in [5.74, 6) is 0.885. The van der Waals surface area contributed by atoms with Crippen LogP contribution in [0.3, 0.4) is 0 Å². The van der Waals surface area contributed by atoms with Crippen LogP contribution in [-0.2, 0) is 0 Å². The number of aliphatic hydroxyl groups excluding tert-OH is 2. The molecule has 4 N–H and O–H groups in total. The number of hydrogen-bond donors (Lipinski definition) is 3. The Bertz CT molecular complexity index is 318. The number of rotatable bonds is 10. The molecular weight excluding hydrogens is 260 g/mol. The first-order valence-electron chi connectivity index (χ1n) is 6.63. The molecule has 1 rings (SSSR count). The molecule has 1 aromatic carbocycles. The fourth-order valence-corrected chi connectivity index (χ4v) is 2.69. The first kappa shape index (κ1) is 16.5. The van der Waals surface area contributed by atoms with Gasteiger partial charge in [-0.05, 0) is 25.1 Å². The van der Waals surface area contributed by atoms with Gasteiger partial charge in [-0.25, -0.2) is 0 Å². The van der Waals surface area contributed by atoms with Crippen LogP contribution in [0, 0.1) is 0 Å². The summed E-state index contributed by atoms with van der Waals surface area (Å²) in [6.07, 6.45) is 0.875. The predicted molar refractivity (Wildman–Crippen MR) is 80.4 cm³/mol. The Morgan fingerprint density at radius 1 is 1.05 bits per heavy atom. The highest BCUT2D eigenvalue weighted by Crippen LogP contribution is 2.18. The zero-order valence-electron chi connectivity index (χ0n) is 11.2. The summed E-state index contributed by atoms with van der Waals surface area (Å²) in [6, 6.07) is 10.4. The SMILES string of the molecule is N[C@H](CCN(CCO)CCO)CSc1ccccc1. The van der Waals surface area contributed by atoms with E-state index in [-0.39, 0.29) is 19.3 Å². The van der Waals surface area contributed by atoms with E-state index in [1.54, 1.807) is 11.8 Å². The maximum atomic E-state index is 8.92. The number of nitrogens with zero attached hydrogens (tertiary/aromatic N) is 1. The van der Waals surface area contributed by atoms with Gasteiger partial charge in [-0.3, -0.25) is 4.90 Å². The molecule has 0 aliphatic rings. The van der Waals surface area contributed by atoms with Crippen molar-refractivity contribution < 1.29 is 10.2 Å². The van der Waals surface area contributed by atoms with Crippen LogP contribution in [0.2, 0.25) is 0 Å². The van der Waals surface area contributed by atoms with Gasteiger partial charge in [0.2, 0.25) is 0 Å². The van der Waals surface area contributed by atoms with Gasteiger partial charge in [-0.1, -0.05) is 18.2 Å². The van der Waals surface area contributed by atoms with Gasteiger partial charge in [-0.2, -0.15) is 0 Å². The molecule has 0 saturated carbocycles. The van der Waals surface area contributed by atoms with Gasteiger partial charge in [-0.15, -0.1) is 11.8 Å². The van der Waals surface area contributed by atoms with E-state index in [1.807, 2.05) is 23.1 Å². The Labute approximate surface area is 119 Å². The molecule has 5 heteroatoms. The van der Waals surface area contributed by atoms with Crippen molar-refractivity contribution in [3.8, 4) is 0 Å². The summed E-state index contributed by atoms with van der Waals surface area (Å²) >= 11 is 1.76. The largest absolute Gasteiger partial charge is 0.395 e. The van der Waals surface area contributed by atoms with Gasteiger partial charge < -0.3 is 15.9 Å². The topological polar surface area (TPSA) is 69.7 Å². The second-order valence-electron chi connectivity index (χ2n) is 4.46. The molecule has 108 valence electrons. The molecule has 0 aliphatic heterocycles. The summed E-state index contributed by atoms with van der Waals surface area (Å²) in [4.78, 5) is 3.27. The van der Waals surface area contributed by atoms with E-state index in [2.05, 4.69) is 12.1 Å². The van der Waals surface area contributed by atoms with Crippen LogP contribution in [0.25, 0.3) is 0 Å². The molecule has 0 radical (unpaired) electrons. The first-order valence-corrected chi connectivity index (χ1v) is 7.62. The second-order valence-corrected chi connectivity index (χ2v) is 5.56. The third-order valence-corrected chi connectivity index (χ3v) is 4.06. The quantitative estimate of drug-likeness (QED) is 0.554. The van der Waals surface area contributed by atoms with E-state index in [0.717, 1.165) is 18.7 Å². The van der Waals surface area contributed by atoms with E-state index in [0.29, 0.717) is 13.1 Å². The van der Waals surface area contributed by atoms with Gasteiger partial charge in [0.1, 0.15) is 0 Å². The minimum atomic E-state index is 0.119. The van der Waals surface area contributed by atoms with Crippen molar-refractivity contribution in [3.63, 3.8) is 0 Å². The van der Waals surface area contributed by atoms with Crippen molar-refractivity contribution in [2.75, 3.05) is 38.6 Å². The predicted octanol–water partition coefficient (Wildman–Crippen LogP) is 0.783. The Hall–Kier alpha value is -0.590. The van der Waals surface area contributed by atoms with Crippen molar-refractivity contribution in [1.29, 1.82) is 0 Å². The highest BCUT2D eigenvalue weighted by Gasteiger charge is 2.08. The number of hydrogen-bond acceptors (Lipinski definition) is 5. The van der Waals surface area contributed by atoms with E-state index < -0.39 is 0 Å². The van der Waals surface area contributed by atoms with Crippen molar-refractivity contribution in [2.45, 2.75) is 17.4 Å². The Balaban J connectivity index is 2.21. The smallest absolute Gasteiger partial charge is 0.0558 e. The molecule has 19 heavy (non-hydrogen) atoms. The first-order chi connectivity index (χ1) is 9.26. The lowest BCUT2D eigenvalue weighted by Gasteiger charge is -2.22. The molecule has 0 aromatic heterocycles. The standard InChI is InChI=1S/C14H24N2O2S/c15-13(6-7-16(8-10-17)9-11-18)12-19-14-4-2-1-3-5-14/h1-5,13,17-18H,6-12,15H2/t13-/m1/s1. The molecule has 0 unspecified atom stereocenters. The molecule has 0 saturated heterocycles. The molecule has 1 atom stereocenters. The van der Waals surface area contributed by atoms with Crippen molar-refractivity contribution in [3.05, 3.63) is 30.3 Å². The number of aliphatic hydroxyl groups is 2. The second kappa shape index (κ2) is 10.2. The van der Waals surface area contributed by atoms with E-state index >= 15 is 0 Å². The van der Waals surface area contributed by atoms with Gasteiger partial charge in [0.25, 0.3) is 0 Å². The maximum absolute atomic E-state index is 8.92. The summed E-state index contributed by atoms with van der Waals surface area (Å²) in [7, 11) is 0. The van der Waals surface area contributed by atoms with Crippen LogP contribution >= 0.6 is 11.8 Å². The number of nitrogens with two attached hydrogens (primary N) is 1. The van der Waals surface area contributed by atoms with Crippen molar-refractivity contribution in [1.82, 2.24) is 4.90 Å². The van der Waals surface area contributed by atoms with Gasteiger partial charge in [0, 0.05) is 29.8 Å². The number of thioether (sulfide) groups is 1. The summed E-state index contributed by atoms with van der Waals surface area (Å²) < 4.78 is 0. The van der Waals surface area contributed by atoms with Gasteiger partial charge in [0.05, 0.1) is 13.2 Å². The molecule has 0 heterocycles. The van der Waals surface area contributed by atoms with E-state index in [4.69, 9.17) is 15.9 Å². The van der Waals surface area contributed by atoms with Gasteiger partial charge in [0.15, 0.2) is 0 Å². The van der Waals surface area contributed by atoms with Crippen molar-refractivity contribution >= 4 is 11.8 Å². The van der Waals surface area contributed by atoms with Crippen molar-refractivity contribution in [2.24, 2.45) is 5.73 Å². The third-order valence-electron chi connectivity index (χ3n) is 2.86. The molecule has 4 nitrogen and oxygen atoms in total. The fourth-order valence-electron chi connectivity index (χ4n) is 1.77. The van der Waals surface area contributed by atoms with Crippen LogP contribution in [0.15, 0.2) is 35.2 Å². The molecule has 0 amide bonds. The fraction of sp³-hybridized carbons (Fsp3) is 0.571. The minimum absolute atomic E-state index is 0.119.